The molecule has 212 valence electrons. The summed E-state index contributed by atoms with van der Waals surface area (Å²) in [6.07, 6.45) is 0. The maximum absolute atomic E-state index is 15.4. The van der Waals surface area contributed by atoms with Crippen molar-refractivity contribution in [1.82, 2.24) is 0 Å². The maximum Gasteiger partial charge on any atom is 0.204 e. The van der Waals surface area contributed by atoms with Crippen LogP contribution in [0.3, 0.4) is 0 Å². The van der Waals surface area contributed by atoms with Gasteiger partial charge in [0.15, 0.2) is 63.9 Å². The summed E-state index contributed by atoms with van der Waals surface area (Å²) in [5.74, 6) is -32.1. The molecular weight excluding hydrogens is 587 g/mol. The van der Waals surface area contributed by atoms with E-state index in [1.54, 1.807) is 0 Å². The molecular formula is C27H7F13O. The molecule has 0 amide bonds. The molecule has 0 unspecified atom stereocenters. The Bertz CT molecular complexity index is 1910. The van der Waals surface area contributed by atoms with Crippen LogP contribution in [0.4, 0.5) is 57.1 Å². The SMILES string of the molecule is COc1c(F)c(F)c(-c2c3c(F)cccc3c(-c3c(F)c(F)cc(F)c3F)c3c(F)c(F)c(F)c(F)c23)c(F)c1F. The fourth-order valence-corrected chi connectivity index (χ4v) is 4.66. The normalized spacial score (nSPS) is 11.7. The summed E-state index contributed by atoms with van der Waals surface area (Å²) in [5, 5.41) is -6.20. The zero-order valence-electron chi connectivity index (χ0n) is 19.6. The molecule has 0 fully saturated rings. The minimum absolute atomic E-state index is 0.293. The van der Waals surface area contributed by atoms with Crippen LogP contribution in [0.1, 0.15) is 0 Å². The van der Waals surface area contributed by atoms with Crippen molar-refractivity contribution in [1.29, 1.82) is 0 Å². The van der Waals surface area contributed by atoms with Crippen molar-refractivity contribution in [3.8, 4) is 28.0 Å². The molecule has 5 aromatic rings. The average Bonchev–Trinajstić information content (AvgIpc) is 2.93. The van der Waals surface area contributed by atoms with E-state index in [0.717, 1.165) is 6.07 Å². The van der Waals surface area contributed by atoms with E-state index in [4.69, 9.17) is 0 Å². The van der Waals surface area contributed by atoms with Crippen molar-refractivity contribution < 1.29 is 61.8 Å². The van der Waals surface area contributed by atoms with Crippen LogP contribution in [-0.2, 0) is 0 Å². The Balaban J connectivity index is 2.24. The summed E-state index contributed by atoms with van der Waals surface area (Å²) < 4.78 is 197. The molecule has 5 aromatic carbocycles. The van der Waals surface area contributed by atoms with Gasteiger partial charge in [-0.15, -0.1) is 0 Å². The van der Waals surface area contributed by atoms with E-state index in [2.05, 4.69) is 4.74 Å². The summed E-state index contributed by atoms with van der Waals surface area (Å²) in [6, 6.07) is 1.51. The van der Waals surface area contributed by atoms with Crippen LogP contribution in [0.2, 0.25) is 0 Å². The Hall–Kier alpha value is -4.49. The first-order valence-corrected chi connectivity index (χ1v) is 10.9. The van der Waals surface area contributed by atoms with E-state index in [0.29, 0.717) is 19.2 Å². The minimum atomic E-state index is -2.71. The first-order valence-electron chi connectivity index (χ1n) is 10.9. The van der Waals surface area contributed by atoms with Crippen molar-refractivity contribution in [2.45, 2.75) is 0 Å². The second kappa shape index (κ2) is 9.56. The standard InChI is InChI=1S/C27H7F13O/c1-41-27-25(39)21(35)16(22(36)26(27)40)12-10-6(3-2-4-7(10)28)11(15-17(31)8(29)5-9(30)18(15)32)13-14(12)20(34)24(38)23(37)19(13)33/h2-5H,1H3. The predicted molar refractivity (Wildman–Crippen MR) is 118 cm³/mol. The van der Waals surface area contributed by atoms with Gasteiger partial charge in [-0.2, -0.15) is 8.78 Å². The highest BCUT2D eigenvalue weighted by atomic mass is 19.2. The van der Waals surface area contributed by atoms with Gasteiger partial charge in [-0.05, 0) is 11.5 Å². The van der Waals surface area contributed by atoms with Crippen LogP contribution >= 0.6 is 0 Å². The van der Waals surface area contributed by atoms with Crippen molar-refractivity contribution in [2.24, 2.45) is 0 Å². The number of methoxy groups -OCH3 is 1. The quantitative estimate of drug-likeness (QED) is 0.0877. The zero-order valence-corrected chi connectivity index (χ0v) is 19.6. The largest absolute Gasteiger partial charge is 0.491 e. The number of halogens is 13. The number of fused-ring (bicyclic) bond motifs is 2. The number of hydrogen-bond acceptors (Lipinski definition) is 1. The van der Waals surface area contributed by atoms with Crippen molar-refractivity contribution >= 4 is 21.5 Å². The average molecular weight is 594 g/mol. The third-order valence-electron chi connectivity index (χ3n) is 6.34. The summed E-state index contributed by atoms with van der Waals surface area (Å²) >= 11 is 0. The second-order valence-corrected chi connectivity index (χ2v) is 8.43. The van der Waals surface area contributed by atoms with Gasteiger partial charge in [0, 0.05) is 33.4 Å². The first kappa shape index (κ1) is 28.1. The smallest absolute Gasteiger partial charge is 0.204 e. The number of benzene rings is 5. The summed E-state index contributed by atoms with van der Waals surface area (Å²) in [7, 11) is 0.591. The van der Waals surface area contributed by atoms with Crippen molar-refractivity contribution in [2.75, 3.05) is 7.11 Å². The van der Waals surface area contributed by atoms with Gasteiger partial charge in [0.2, 0.25) is 11.6 Å². The third kappa shape index (κ3) is 3.72. The molecule has 0 aliphatic rings. The topological polar surface area (TPSA) is 9.23 Å². The highest BCUT2D eigenvalue weighted by molar-refractivity contribution is 6.22. The van der Waals surface area contributed by atoms with Crippen LogP contribution in [0.25, 0.3) is 43.8 Å². The number of ether oxygens (including phenoxy) is 1. The van der Waals surface area contributed by atoms with Gasteiger partial charge in [0.25, 0.3) is 0 Å². The Morgan fingerprint density at radius 1 is 0.415 bits per heavy atom. The predicted octanol–water partition coefficient (Wildman–Crippen LogP) is 9.14. The lowest BCUT2D eigenvalue weighted by atomic mass is 9.84. The Labute approximate surface area is 219 Å². The van der Waals surface area contributed by atoms with E-state index in [9.17, 15) is 35.1 Å². The molecule has 0 atom stereocenters. The van der Waals surface area contributed by atoms with Gasteiger partial charge in [-0.25, -0.2) is 48.3 Å². The Kier molecular flexibility index (Phi) is 6.54. The van der Waals surface area contributed by atoms with Gasteiger partial charge < -0.3 is 4.74 Å². The fourth-order valence-electron chi connectivity index (χ4n) is 4.66. The van der Waals surface area contributed by atoms with Crippen molar-refractivity contribution in [3.63, 3.8) is 0 Å². The van der Waals surface area contributed by atoms with E-state index >= 15 is 22.0 Å². The highest BCUT2D eigenvalue weighted by Crippen LogP contribution is 2.50. The van der Waals surface area contributed by atoms with E-state index in [1.807, 2.05) is 0 Å². The zero-order chi connectivity index (χ0) is 30.2. The molecule has 1 nitrogen and oxygen atoms in total. The molecule has 41 heavy (non-hydrogen) atoms. The molecule has 5 rings (SSSR count). The molecule has 0 aliphatic heterocycles. The van der Waals surface area contributed by atoms with E-state index in [1.165, 1.54) is 0 Å². The molecule has 0 saturated heterocycles. The maximum atomic E-state index is 15.4. The van der Waals surface area contributed by atoms with Gasteiger partial charge >= 0.3 is 0 Å². The molecule has 0 spiro atoms. The van der Waals surface area contributed by atoms with E-state index < -0.39 is 125 Å². The fraction of sp³-hybridized carbons (Fsp3) is 0.0370. The molecule has 0 N–H and O–H groups in total. The molecule has 0 bridgehead atoms. The van der Waals surface area contributed by atoms with Crippen LogP contribution < -0.4 is 4.74 Å². The second-order valence-electron chi connectivity index (χ2n) is 8.43. The van der Waals surface area contributed by atoms with Gasteiger partial charge in [0.1, 0.15) is 5.82 Å². The lowest BCUT2D eigenvalue weighted by Gasteiger charge is -2.21. The highest BCUT2D eigenvalue weighted by Gasteiger charge is 2.36. The van der Waals surface area contributed by atoms with Gasteiger partial charge in [0.05, 0.1) is 18.2 Å². The number of rotatable bonds is 3. The van der Waals surface area contributed by atoms with Gasteiger partial charge in [-0.1, -0.05) is 12.1 Å². The monoisotopic (exact) mass is 594 g/mol. The summed E-state index contributed by atoms with van der Waals surface area (Å²) in [4.78, 5) is 0. The molecule has 0 heterocycles. The lowest BCUT2D eigenvalue weighted by molar-refractivity contribution is 0.334. The first-order chi connectivity index (χ1) is 19.3. The molecule has 14 heteroatoms. The Morgan fingerprint density at radius 3 is 1.37 bits per heavy atom. The van der Waals surface area contributed by atoms with Crippen molar-refractivity contribution in [3.05, 3.63) is 99.9 Å². The van der Waals surface area contributed by atoms with Crippen LogP contribution in [0, 0.1) is 75.6 Å². The molecule has 0 aromatic heterocycles. The minimum Gasteiger partial charge on any atom is -0.491 e. The van der Waals surface area contributed by atoms with Crippen LogP contribution in [0.5, 0.6) is 5.75 Å². The van der Waals surface area contributed by atoms with E-state index in [-0.39, 0.29) is 6.07 Å². The lowest BCUT2D eigenvalue weighted by Crippen LogP contribution is -2.08. The van der Waals surface area contributed by atoms with Gasteiger partial charge in [-0.3, -0.25) is 0 Å². The number of hydrogen-bond donors (Lipinski definition) is 0. The Morgan fingerprint density at radius 2 is 0.878 bits per heavy atom. The third-order valence-corrected chi connectivity index (χ3v) is 6.34. The summed E-state index contributed by atoms with van der Waals surface area (Å²) in [6.45, 7) is 0. The van der Waals surface area contributed by atoms with Crippen LogP contribution in [0.15, 0.2) is 24.3 Å². The molecule has 0 aliphatic carbocycles. The van der Waals surface area contributed by atoms with Crippen LogP contribution in [-0.4, -0.2) is 7.11 Å². The summed E-state index contributed by atoms with van der Waals surface area (Å²) in [5.41, 5.74) is -7.09. The molecule has 0 saturated carbocycles. The molecule has 0 radical (unpaired) electrons.